The lowest BCUT2D eigenvalue weighted by atomic mass is 10.2. The van der Waals surface area contributed by atoms with Gasteiger partial charge < -0.3 is 14.8 Å². The van der Waals surface area contributed by atoms with E-state index in [0.717, 1.165) is 22.7 Å². The van der Waals surface area contributed by atoms with Crippen LogP contribution in [0.25, 0.3) is 17.1 Å². The Morgan fingerprint density at radius 2 is 1.62 bits per heavy atom. The average Bonchev–Trinajstić information content (AvgIpc) is 3.29. The summed E-state index contributed by atoms with van der Waals surface area (Å²) in [5, 5.41) is 12.2. The number of carbonyl (C=O) groups excluding carboxylic acids is 1. The van der Waals surface area contributed by atoms with Crippen LogP contribution in [0.3, 0.4) is 0 Å². The second-order valence-electron chi connectivity index (χ2n) is 7.10. The number of amides is 1. The molecule has 0 saturated carbocycles. The number of hydrogen-bond acceptors (Lipinski definition) is 7. The van der Waals surface area contributed by atoms with E-state index < -0.39 is 0 Å². The lowest BCUT2D eigenvalue weighted by Gasteiger charge is -2.11. The van der Waals surface area contributed by atoms with Crippen molar-refractivity contribution in [2.24, 2.45) is 0 Å². The van der Waals surface area contributed by atoms with Crippen molar-refractivity contribution >= 4 is 23.4 Å². The van der Waals surface area contributed by atoms with Crippen molar-refractivity contribution < 1.29 is 14.3 Å². The molecular formula is C25H25N5O3S. The van der Waals surface area contributed by atoms with Gasteiger partial charge in [0.15, 0.2) is 11.0 Å². The molecule has 1 amide bonds. The summed E-state index contributed by atoms with van der Waals surface area (Å²) in [4.78, 5) is 16.8. The number of pyridine rings is 1. The Morgan fingerprint density at radius 3 is 2.24 bits per heavy atom. The number of anilines is 1. The van der Waals surface area contributed by atoms with E-state index >= 15 is 0 Å². The molecule has 2 heterocycles. The van der Waals surface area contributed by atoms with Crippen molar-refractivity contribution in [3.63, 3.8) is 0 Å². The van der Waals surface area contributed by atoms with E-state index in [9.17, 15) is 4.79 Å². The number of aromatic nitrogens is 4. The highest BCUT2D eigenvalue weighted by Gasteiger charge is 2.17. The molecule has 174 valence electrons. The first-order valence-corrected chi connectivity index (χ1v) is 11.9. The van der Waals surface area contributed by atoms with Crippen molar-refractivity contribution in [2.45, 2.75) is 19.0 Å². The molecule has 0 spiro atoms. The van der Waals surface area contributed by atoms with Gasteiger partial charge in [0, 0.05) is 29.3 Å². The van der Waals surface area contributed by atoms with Gasteiger partial charge in [0.05, 0.1) is 19.0 Å². The molecule has 0 fully saturated rings. The first-order valence-electron chi connectivity index (χ1n) is 10.9. The van der Waals surface area contributed by atoms with Crippen LogP contribution in [0.5, 0.6) is 11.5 Å². The Labute approximate surface area is 202 Å². The van der Waals surface area contributed by atoms with Gasteiger partial charge in [-0.25, -0.2) is 0 Å². The van der Waals surface area contributed by atoms with Crippen LogP contribution in [0.1, 0.15) is 13.8 Å². The summed E-state index contributed by atoms with van der Waals surface area (Å²) in [5.74, 6) is 2.23. The Bertz CT molecular complexity index is 1210. The Balaban J connectivity index is 1.53. The van der Waals surface area contributed by atoms with Crippen LogP contribution >= 0.6 is 11.8 Å². The molecule has 0 radical (unpaired) electrons. The van der Waals surface area contributed by atoms with Gasteiger partial charge >= 0.3 is 0 Å². The molecule has 0 saturated heterocycles. The predicted octanol–water partition coefficient (Wildman–Crippen LogP) is 4.86. The standard InChI is InChI=1S/C25H25N5O3S/c1-3-32-21-11-7-19(8-12-21)27-23(31)17-34-25-29-28-24(18-6-5-15-26-16-18)30(25)20-9-13-22(14-10-20)33-4-2/h5-16H,3-4,17H2,1-2H3,(H,27,31). The molecule has 4 rings (SSSR count). The van der Waals surface area contributed by atoms with Gasteiger partial charge in [-0.1, -0.05) is 11.8 Å². The molecular weight excluding hydrogens is 450 g/mol. The van der Waals surface area contributed by atoms with Crippen LogP contribution in [-0.4, -0.2) is 44.6 Å². The fourth-order valence-electron chi connectivity index (χ4n) is 3.26. The van der Waals surface area contributed by atoms with Crippen molar-refractivity contribution in [3.05, 3.63) is 73.1 Å². The van der Waals surface area contributed by atoms with E-state index in [4.69, 9.17) is 9.47 Å². The number of hydrogen-bond donors (Lipinski definition) is 1. The minimum Gasteiger partial charge on any atom is -0.494 e. The van der Waals surface area contributed by atoms with E-state index in [0.29, 0.717) is 29.9 Å². The lowest BCUT2D eigenvalue weighted by Crippen LogP contribution is -2.14. The summed E-state index contributed by atoms with van der Waals surface area (Å²) < 4.78 is 12.9. The molecule has 0 aliphatic rings. The molecule has 8 nitrogen and oxygen atoms in total. The lowest BCUT2D eigenvalue weighted by molar-refractivity contribution is -0.113. The predicted molar refractivity (Wildman–Crippen MR) is 133 cm³/mol. The highest BCUT2D eigenvalue weighted by Crippen LogP contribution is 2.29. The van der Waals surface area contributed by atoms with Gasteiger partial charge in [-0.05, 0) is 74.5 Å². The van der Waals surface area contributed by atoms with Crippen molar-refractivity contribution in [1.29, 1.82) is 0 Å². The van der Waals surface area contributed by atoms with Crippen LogP contribution in [0.4, 0.5) is 5.69 Å². The van der Waals surface area contributed by atoms with Gasteiger partial charge in [-0.15, -0.1) is 10.2 Å². The largest absolute Gasteiger partial charge is 0.494 e. The number of nitrogens with one attached hydrogen (secondary N) is 1. The van der Waals surface area contributed by atoms with Gasteiger partial charge in [0.25, 0.3) is 0 Å². The fraction of sp³-hybridized carbons (Fsp3) is 0.200. The van der Waals surface area contributed by atoms with E-state index in [1.54, 1.807) is 12.4 Å². The third-order valence-corrected chi connectivity index (χ3v) is 5.67. The second kappa shape index (κ2) is 11.3. The Kier molecular flexibility index (Phi) is 7.77. The van der Waals surface area contributed by atoms with Crippen molar-refractivity contribution in [1.82, 2.24) is 19.7 Å². The first kappa shape index (κ1) is 23.3. The molecule has 0 aliphatic carbocycles. The molecule has 0 unspecified atom stereocenters. The first-order chi connectivity index (χ1) is 16.7. The number of nitrogens with zero attached hydrogens (tertiary/aromatic N) is 4. The maximum Gasteiger partial charge on any atom is 0.234 e. The topological polar surface area (TPSA) is 91.2 Å². The van der Waals surface area contributed by atoms with E-state index in [1.165, 1.54) is 11.8 Å². The van der Waals surface area contributed by atoms with E-state index in [-0.39, 0.29) is 11.7 Å². The van der Waals surface area contributed by atoms with Crippen LogP contribution < -0.4 is 14.8 Å². The zero-order valence-electron chi connectivity index (χ0n) is 19.0. The molecule has 0 bridgehead atoms. The summed E-state index contributed by atoms with van der Waals surface area (Å²) in [6.45, 7) is 5.07. The van der Waals surface area contributed by atoms with E-state index in [1.807, 2.05) is 79.1 Å². The molecule has 0 aliphatic heterocycles. The normalized spacial score (nSPS) is 10.6. The fourth-order valence-corrected chi connectivity index (χ4v) is 4.02. The summed E-state index contributed by atoms with van der Waals surface area (Å²) in [5.41, 5.74) is 2.40. The molecule has 4 aromatic rings. The van der Waals surface area contributed by atoms with Crippen LogP contribution in [0, 0.1) is 0 Å². The van der Waals surface area contributed by atoms with Crippen LogP contribution in [0.15, 0.2) is 78.2 Å². The number of thioether (sulfide) groups is 1. The zero-order chi connectivity index (χ0) is 23.8. The molecule has 2 aromatic carbocycles. The number of carbonyl (C=O) groups is 1. The zero-order valence-corrected chi connectivity index (χ0v) is 19.8. The summed E-state index contributed by atoms with van der Waals surface area (Å²) in [6, 6.07) is 18.8. The summed E-state index contributed by atoms with van der Waals surface area (Å²) in [6.07, 6.45) is 3.45. The quantitative estimate of drug-likeness (QED) is 0.328. The number of rotatable bonds is 10. The maximum absolute atomic E-state index is 12.6. The Morgan fingerprint density at radius 1 is 0.941 bits per heavy atom. The van der Waals surface area contributed by atoms with Crippen molar-refractivity contribution in [2.75, 3.05) is 24.3 Å². The third kappa shape index (κ3) is 5.74. The van der Waals surface area contributed by atoms with Gasteiger partial charge in [0.1, 0.15) is 11.5 Å². The van der Waals surface area contributed by atoms with Gasteiger partial charge in [-0.3, -0.25) is 14.3 Å². The smallest absolute Gasteiger partial charge is 0.234 e. The highest BCUT2D eigenvalue weighted by molar-refractivity contribution is 7.99. The maximum atomic E-state index is 12.6. The van der Waals surface area contributed by atoms with Gasteiger partial charge in [-0.2, -0.15) is 0 Å². The van der Waals surface area contributed by atoms with Gasteiger partial charge in [0.2, 0.25) is 5.91 Å². The number of ether oxygens (including phenoxy) is 2. The van der Waals surface area contributed by atoms with Crippen molar-refractivity contribution in [3.8, 4) is 28.6 Å². The SMILES string of the molecule is CCOc1ccc(NC(=O)CSc2nnc(-c3cccnc3)n2-c2ccc(OCC)cc2)cc1. The minimum atomic E-state index is -0.140. The molecule has 1 N–H and O–H groups in total. The molecule has 0 atom stereocenters. The molecule has 2 aromatic heterocycles. The average molecular weight is 476 g/mol. The molecule has 34 heavy (non-hydrogen) atoms. The number of benzene rings is 2. The monoisotopic (exact) mass is 475 g/mol. The second-order valence-corrected chi connectivity index (χ2v) is 8.05. The summed E-state index contributed by atoms with van der Waals surface area (Å²) >= 11 is 1.31. The molecule has 9 heteroatoms. The van der Waals surface area contributed by atoms with Crippen LogP contribution in [-0.2, 0) is 4.79 Å². The Hall–Kier alpha value is -3.85. The minimum absolute atomic E-state index is 0.140. The van der Waals surface area contributed by atoms with E-state index in [2.05, 4.69) is 20.5 Å². The third-order valence-electron chi connectivity index (χ3n) is 4.74. The van der Waals surface area contributed by atoms with Crippen LogP contribution in [0.2, 0.25) is 0 Å². The summed E-state index contributed by atoms with van der Waals surface area (Å²) in [7, 11) is 0. The highest BCUT2D eigenvalue weighted by atomic mass is 32.2.